The molecule has 0 saturated carbocycles. The molecular weight excluding hydrogens is 170 g/mol. The highest BCUT2D eigenvalue weighted by molar-refractivity contribution is 5.85. The SMILES string of the molecule is CCNc1cc(C)ccc1C.Cl. The van der Waals surface area contributed by atoms with E-state index in [0.29, 0.717) is 0 Å². The summed E-state index contributed by atoms with van der Waals surface area (Å²) >= 11 is 0. The maximum Gasteiger partial charge on any atom is 0.0372 e. The number of hydrogen-bond acceptors (Lipinski definition) is 1. The van der Waals surface area contributed by atoms with Crippen molar-refractivity contribution in [2.75, 3.05) is 11.9 Å². The number of aryl methyl sites for hydroxylation is 2. The van der Waals surface area contributed by atoms with Gasteiger partial charge in [0, 0.05) is 12.2 Å². The number of benzene rings is 1. The Hall–Kier alpha value is -0.690. The maximum absolute atomic E-state index is 3.32. The van der Waals surface area contributed by atoms with Gasteiger partial charge < -0.3 is 5.32 Å². The molecule has 0 aromatic heterocycles. The average Bonchev–Trinajstić information content (AvgIpc) is 1.98. The largest absolute Gasteiger partial charge is 0.385 e. The van der Waals surface area contributed by atoms with Crippen LogP contribution in [-0.4, -0.2) is 6.54 Å². The topological polar surface area (TPSA) is 12.0 Å². The van der Waals surface area contributed by atoms with Crippen molar-refractivity contribution >= 4 is 18.1 Å². The first-order valence-electron chi connectivity index (χ1n) is 4.05. The van der Waals surface area contributed by atoms with Crippen LogP contribution in [0, 0.1) is 13.8 Å². The Bertz CT molecular complexity index is 246. The number of halogens is 1. The molecule has 0 unspecified atom stereocenters. The van der Waals surface area contributed by atoms with E-state index < -0.39 is 0 Å². The molecule has 1 N–H and O–H groups in total. The molecule has 2 heteroatoms. The van der Waals surface area contributed by atoms with Crippen LogP contribution in [0.5, 0.6) is 0 Å². The number of rotatable bonds is 2. The second-order valence-corrected chi connectivity index (χ2v) is 2.85. The van der Waals surface area contributed by atoms with Crippen LogP contribution in [-0.2, 0) is 0 Å². The van der Waals surface area contributed by atoms with Crippen LogP contribution in [0.2, 0.25) is 0 Å². The lowest BCUT2D eigenvalue weighted by atomic mass is 10.1. The van der Waals surface area contributed by atoms with E-state index in [1.807, 2.05) is 0 Å². The molecule has 68 valence electrons. The minimum absolute atomic E-state index is 0. The fraction of sp³-hybridized carbons (Fsp3) is 0.400. The average molecular weight is 186 g/mol. The minimum Gasteiger partial charge on any atom is -0.385 e. The molecule has 0 aliphatic heterocycles. The summed E-state index contributed by atoms with van der Waals surface area (Å²) in [7, 11) is 0. The van der Waals surface area contributed by atoms with Gasteiger partial charge in [-0.1, -0.05) is 12.1 Å². The van der Waals surface area contributed by atoms with Crippen molar-refractivity contribution in [2.45, 2.75) is 20.8 Å². The molecule has 1 aromatic rings. The van der Waals surface area contributed by atoms with Gasteiger partial charge in [0.25, 0.3) is 0 Å². The van der Waals surface area contributed by atoms with Crippen molar-refractivity contribution in [3.05, 3.63) is 29.3 Å². The van der Waals surface area contributed by atoms with Crippen molar-refractivity contribution < 1.29 is 0 Å². The zero-order valence-electron chi connectivity index (χ0n) is 7.85. The van der Waals surface area contributed by atoms with E-state index in [9.17, 15) is 0 Å². The Labute approximate surface area is 80.6 Å². The van der Waals surface area contributed by atoms with Crippen LogP contribution in [0.4, 0.5) is 5.69 Å². The first kappa shape index (κ1) is 11.3. The molecule has 0 amide bonds. The molecule has 1 rings (SSSR count). The van der Waals surface area contributed by atoms with E-state index >= 15 is 0 Å². The Balaban J connectivity index is 0.00000121. The van der Waals surface area contributed by atoms with Gasteiger partial charge in [-0.2, -0.15) is 0 Å². The highest BCUT2D eigenvalue weighted by Crippen LogP contribution is 2.15. The summed E-state index contributed by atoms with van der Waals surface area (Å²) in [6.07, 6.45) is 0. The predicted octanol–water partition coefficient (Wildman–Crippen LogP) is 3.16. The molecule has 12 heavy (non-hydrogen) atoms. The Morgan fingerprint density at radius 1 is 1.25 bits per heavy atom. The third kappa shape index (κ3) is 2.74. The highest BCUT2D eigenvalue weighted by Gasteiger charge is 1.94. The molecule has 0 aliphatic rings. The summed E-state index contributed by atoms with van der Waals surface area (Å²) in [5.74, 6) is 0. The van der Waals surface area contributed by atoms with Gasteiger partial charge >= 0.3 is 0 Å². The summed E-state index contributed by atoms with van der Waals surface area (Å²) in [6, 6.07) is 6.46. The zero-order valence-corrected chi connectivity index (χ0v) is 8.66. The van der Waals surface area contributed by atoms with Gasteiger partial charge in [-0.15, -0.1) is 12.4 Å². The van der Waals surface area contributed by atoms with E-state index in [-0.39, 0.29) is 12.4 Å². The zero-order chi connectivity index (χ0) is 8.27. The van der Waals surface area contributed by atoms with E-state index in [1.165, 1.54) is 16.8 Å². The van der Waals surface area contributed by atoms with Crippen LogP contribution >= 0.6 is 12.4 Å². The quantitative estimate of drug-likeness (QED) is 0.747. The highest BCUT2D eigenvalue weighted by atomic mass is 35.5. The molecule has 0 aliphatic carbocycles. The van der Waals surface area contributed by atoms with E-state index in [4.69, 9.17) is 0 Å². The van der Waals surface area contributed by atoms with Crippen LogP contribution in [0.1, 0.15) is 18.1 Å². The lowest BCUT2D eigenvalue weighted by Crippen LogP contribution is -1.98. The van der Waals surface area contributed by atoms with Crippen LogP contribution in [0.3, 0.4) is 0 Å². The molecule has 0 bridgehead atoms. The first-order valence-corrected chi connectivity index (χ1v) is 4.05. The van der Waals surface area contributed by atoms with Gasteiger partial charge in [0.05, 0.1) is 0 Å². The van der Waals surface area contributed by atoms with Gasteiger partial charge in [-0.3, -0.25) is 0 Å². The minimum atomic E-state index is 0. The Morgan fingerprint density at radius 3 is 2.50 bits per heavy atom. The molecule has 0 saturated heterocycles. The number of nitrogens with one attached hydrogen (secondary N) is 1. The van der Waals surface area contributed by atoms with Gasteiger partial charge in [-0.05, 0) is 38.0 Å². The first-order chi connectivity index (χ1) is 5.24. The molecule has 0 radical (unpaired) electrons. The van der Waals surface area contributed by atoms with Crippen LogP contribution in [0.15, 0.2) is 18.2 Å². The van der Waals surface area contributed by atoms with Gasteiger partial charge in [0.1, 0.15) is 0 Å². The molecular formula is C10H16ClN. The molecule has 1 nitrogen and oxygen atoms in total. The second kappa shape index (κ2) is 5.04. The van der Waals surface area contributed by atoms with Gasteiger partial charge in [-0.25, -0.2) is 0 Å². The molecule has 0 heterocycles. The second-order valence-electron chi connectivity index (χ2n) is 2.85. The van der Waals surface area contributed by atoms with Crippen molar-refractivity contribution in [1.29, 1.82) is 0 Å². The monoisotopic (exact) mass is 185 g/mol. The predicted molar refractivity (Wildman–Crippen MR) is 57.3 cm³/mol. The third-order valence-electron chi connectivity index (χ3n) is 1.76. The van der Waals surface area contributed by atoms with Gasteiger partial charge in [0.15, 0.2) is 0 Å². The summed E-state index contributed by atoms with van der Waals surface area (Å²) in [5, 5.41) is 3.32. The molecule has 1 aromatic carbocycles. The maximum atomic E-state index is 3.32. The molecule has 0 atom stereocenters. The summed E-state index contributed by atoms with van der Waals surface area (Å²) in [5.41, 5.74) is 3.89. The lowest BCUT2D eigenvalue weighted by Gasteiger charge is -2.07. The fourth-order valence-corrected chi connectivity index (χ4v) is 1.12. The van der Waals surface area contributed by atoms with Crippen molar-refractivity contribution in [1.82, 2.24) is 0 Å². The number of hydrogen-bond donors (Lipinski definition) is 1. The fourth-order valence-electron chi connectivity index (χ4n) is 1.12. The molecule has 0 spiro atoms. The van der Waals surface area contributed by atoms with Crippen molar-refractivity contribution in [3.8, 4) is 0 Å². The van der Waals surface area contributed by atoms with E-state index in [0.717, 1.165) is 6.54 Å². The Kier molecular flexibility index (Phi) is 4.75. The smallest absolute Gasteiger partial charge is 0.0372 e. The van der Waals surface area contributed by atoms with Crippen molar-refractivity contribution in [2.24, 2.45) is 0 Å². The van der Waals surface area contributed by atoms with E-state index in [2.05, 4.69) is 44.3 Å². The number of anilines is 1. The Morgan fingerprint density at radius 2 is 1.92 bits per heavy atom. The van der Waals surface area contributed by atoms with Crippen molar-refractivity contribution in [3.63, 3.8) is 0 Å². The summed E-state index contributed by atoms with van der Waals surface area (Å²) < 4.78 is 0. The standard InChI is InChI=1S/C10H15N.ClH/c1-4-11-10-7-8(2)5-6-9(10)3;/h5-7,11H,4H2,1-3H3;1H. The van der Waals surface area contributed by atoms with Crippen LogP contribution in [0.25, 0.3) is 0 Å². The van der Waals surface area contributed by atoms with Gasteiger partial charge in [0.2, 0.25) is 0 Å². The van der Waals surface area contributed by atoms with Crippen LogP contribution < -0.4 is 5.32 Å². The molecule has 0 fully saturated rings. The van der Waals surface area contributed by atoms with E-state index in [1.54, 1.807) is 0 Å². The summed E-state index contributed by atoms with van der Waals surface area (Å²) in [4.78, 5) is 0. The summed E-state index contributed by atoms with van der Waals surface area (Å²) in [6.45, 7) is 7.34. The lowest BCUT2D eigenvalue weighted by molar-refractivity contribution is 1.19. The normalized spacial score (nSPS) is 8.92. The third-order valence-corrected chi connectivity index (χ3v) is 1.76.